The Morgan fingerprint density at radius 3 is 2.56 bits per heavy atom. The van der Waals surface area contributed by atoms with Gasteiger partial charge in [-0.15, -0.1) is 0 Å². The van der Waals surface area contributed by atoms with Gasteiger partial charge in [0.2, 0.25) is 5.91 Å². The van der Waals surface area contributed by atoms with Crippen LogP contribution in [0, 0.1) is 0 Å². The van der Waals surface area contributed by atoms with Crippen LogP contribution in [0.15, 0.2) is 24.3 Å². The molecule has 1 amide bonds. The molecule has 18 heavy (non-hydrogen) atoms. The summed E-state index contributed by atoms with van der Waals surface area (Å²) >= 11 is 0. The summed E-state index contributed by atoms with van der Waals surface area (Å²) in [5.74, 6) is -0.0627. The Balaban J connectivity index is 2.33. The summed E-state index contributed by atoms with van der Waals surface area (Å²) in [6.45, 7) is -2.32. The molecule has 0 aliphatic heterocycles. The molecule has 0 unspecified atom stereocenters. The molecule has 1 aromatic rings. The SMILES string of the molecule is COCC(=O)NCCc1ccc(OC(F)F)cc1. The molecular weight excluding hydrogens is 244 g/mol. The Kier molecular flexibility index (Phi) is 6.07. The van der Waals surface area contributed by atoms with Crippen molar-refractivity contribution in [3.63, 3.8) is 0 Å². The quantitative estimate of drug-likeness (QED) is 0.809. The first-order chi connectivity index (χ1) is 8.61. The standard InChI is InChI=1S/C12H15F2NO3/c1-17-8-11(16)15-7-6-9-2-4-10(5-3-9)18-12(13)14/h2-5,12H,6-8H2,1H3,(H,15,16). The minimum atomic E-state index is -2.82. The molecule has 1 N–H and O–H groups in total. The van der Waals surface area contributed by atoms with E-state index in [9.17, 15) is 13.6 Å². The number of carbonyl (C=O) groups is 1. The molecule has 0 aliphatic rings. The number of methoxy groups -OCH3 is 1. The van der Waals surface area contributed by atoms with Crippen LogP contribution in [0.4, 0.5) is 8.78 Å². The van der Waals surface area contributed by atoms with Crippen molar-refractivity contribution in [2.45, 2.75) is 13.0 Å². The Morgan fingerprint density at radius 2 is 2.00 bits per heavy atom. The number of carbonyl (C=O) groups excluding carboxylic acids is 1. The zero-order valence-electron chi connectivity index (χ0n) is 9.99. The molecule has 0 fully saturated rings. The topological polar surface area (TPSA) is 47.6 Å². The molecule has 0 radical (unpaired) electrons. The maximum atomic E-state index is 11.9. The van der Waals surface area contributed by atoms with Crippen LogP contribution >= 0.6 is 0 Å². The lowest BCUT2D eigenvalue weighted by molar-refractivity contribution is -0.124. The third-order valence-electron chi connectivity index (χ3n) is 2.16. The molecule has 0 saturated carbocycles. The molecule has 0 aromatic heterocycles. The largest absolute Gasteiger partial charge is 0.435 e. The van der Waals surface area contributed by atoms with E-state index in [0.29, 0.717) is 13.0 Å². The first-order valence-corrected chi connectivity index (χ1v) is 5.41. The van der Waals surface area contributed by atoms with Gasteiger partial charge < -0.3 is 14.8 Å². The van der Waals surface area contributed by atoms with Crippen LogP contribution in [0.25, 0.3) is 0 Å². The molecule has 0 saturated heterocycles. The van der Waals surface area contributed by atoms with Crippen molar-refractivity contribution in [3.05, 3.63) is 29.8 Å². The Bertz CT molecular complexity index is 368. The summed E-state index contributed by atoms with van der Waals surface area (Å²) in [7, 11) is 1.45. The predicted octanol–water partition coefficient (Wildman–Crippen LogP) is 1.59. The van der Waals surface area contributed by atoms with Gasteiger partial charge in [0.1, 0.15) is 12.4 Å². The van der Waals surface area contributed by atoms with Crippen molar-refractivity contribution in [2.75, 3.05) is 20.3 Å². The normalized spacial score (nSPS) is 10.4. The molecule has 6 heteroatoms. The molecule has 100 valence electrons. The fourth-order valence-electron chi connectivity index (χ4n) is 1.37. The number of benzene rings is 1. The molecule has 0 spiro atoms. The van der Waals surface area contributed by atoms with Crippen molar-refractivity contribution < 1.29 is 23.0 Å². The van der Waals surface area contributed by atoms with Crippen molar-refractivity contribution in [1.29, 1.82) is 0 Å². The molecule has 0 heterocycles. The van der Waals surface area contributed by atoms with Crippen molar-refractivity contribution in [2.24, 2.45) is 0 Å². The summed E-state index contributed by atoms with van der Waals surface area (Å²) in [5, 5.41) is 2.66. The maximum Gasteiger partial charge on any atom is 0.387 e. The fourth-order valence-corrected chi connectivity index (χ4v) is 1.37. The molecule has 1 rings (SSSR count). The monoisotopic (exact) mass is 259 g/mol. The number of hydrogen-bond acceptors (Lipinski definition) is 3. The molecule has 0 aliphatic carbocycles. The maximum absolute atomic E-state index is 11.9. The van der Waals surface area contributed by atoms with Gasteiger partial charge in [0.25, 0.3) is 0 Å². The van der Waals surface area contributed by atoms with E-state index in [0.717, 1.165) is 5.56 Å². The highest BCUT2D eigenvalue weighted by molar-refractivity contribution is 5.77. The number of halogens is 2. The average Bonchev–Trinajstić information content (AvgIpc) is 2.31. The van der Waals surface area contributed by atoms with Crippen molar-refractivity contribution in [1.82, 2.24) is 5.32 Å². The lowest BCUT2D eigenvalue weighted by atomic mass is 10.1. The smallest absolute Gasteiger partial charge is 0.387 e. The van der Waals surface area contributed by atoms with Crippen LogP contribution in [-0.4, -0.2) is 32.8 Å². The van der Waals surface area contributed by atoms with E-state index in [2.05, 4.69) is 14.8 Å². The van der Waals surface area contributed by atoms with Gasteiger partial charge in [-0.1, -0.05) is 12.1 Å². The fraction of sp³-hybridized carbons (Fsp3) is 0.417. The number of nitrogens with one attached hydrogen (secondary N) is 1. The minimum absolute atomic E-state index is 0.0289. The van der Waals surface area contributed by atoms with E-state index in [1.54, 1.807) is 12.1 Å². The van der Waals surface area contributed by atoms with Gasteiger partial charge in [0, 0.05) is 13.7 Å². The average molecular weight is 259 g/mol. The molecule has 0 atom stereocenters. The van der Waals surface area contributed by atoms with Gasteiger partial charge in [-0.05, 0) is 24.1 Å². The second-order valence-corrected chi connectivity index (χ2v) is 3.56. The predicted molar refractivity (Wildman–Crippen MR) is 61.7 cm³/mol. The molecule has 0 bridgehead atoms. The number of rotatable bonds is 7. The van der Waals surface area contributed by atoms with Gasteiger partial charge in [-0.2, -0.15) is 8.78 Å². The third kappa shape index (κ3) is 5.58. The zero-order valence-corrected chi connectivity index (χ0v) is 9.99. The summed E-state index contributed by atoms with van der Waals surface area (Å²) in [6, 6.07) is 6.30. The van der Waals surface area contributed by atoms with Gasteiger partial charge in [0.05, 0.1) is 0 Å². The van der Waals surface area contributed by atoms with Gasteiger partial charge in [-0.25, -0.2) is 0 Å². The molecule has 1 aromatic carbocycles. The second kappa shape index (κ2) is 7.60. The number of hydrogen-bond donors (Lipinski definition) is 1. The second-order valence-electron chi connectivity index (χ2n) is 3.56. The molecular formula is C12H15F2NO3. The number of amides is 1. The highest BCUT2D eigenvalue weighted by Crippen LogP contribution is 2.14. The Morgan fingerprint density at radius 1 is 1.33 bits per heavy atom. The lowest BCUT2D eigenvalue weighted by Gasteiger charge is -2.07. The van der Waals surface area contributed by atoms with Crippen molar-refractivity contribution >= 4 is 5.91 Å². The van der Waals surface area contributed by atoms with Crippen LogP contribution in [0.2, 0.25) is 0 Å². The Labute approximate surface area is 104 Å². The summed E-state index contributed by atoms with van der Waals surface area (Å²) < 4.78 is 32.7. The summed E-state index contributed by atoms with van der Waals surface area (Å²) in [4.78, 5) is 11.1. The Hall–Kier alpha value is -1.69. The van der Waals surface area contributed by atoms with Crippen LogP contribution in [0.1, 0.15) is 5.56 Å². The van der Waals surface area contributed by atoms with Crippen LogP contribution in [0.5, 0.6) is 5.75 Å². The number of alkyl halides is 2. The van der Waals surface area contributed by atoms with Crippen LogP contribution in [-0.2, 0) is 16.0 Å². The lowest BCUT2D eigenvalue weighted by Crippen LogP contribution is -2.28. The third-order valence-corrected chi connectivity index (χ3v) is 2.16. The van der Waals surface area contributed by atoms with Crippen LogP contribution in [0.3, 0.4) is 0 Å². The van der Waals surface area contributed by atoms with E-state index in [4.69, 9.17) is 0 Å². The first-order valence-electron chi connectivity index (χ1n) is 5.41. The zero-order chi connectivity index (χ0) is 13.4. The van der Waals surface area contributed by atoms with E-state index < -0.39 is 6.61 Å². The molecule has 4 nitrogen and oxygen atoms in total. The van der Waals surface area contributed by atoms with E-state index in [-0.39, 0.29) is 18.3 Å². The van der Waals surface area contributed by atoms with Crippen molar-refractivity contribution in [3.8, 4) is 5.75 Å². The van der Waals surface area contributed by atoms with E-state index in [1.807, 2.05) is 0 Å². The van der Waals surface area contributed by atoms with Gasteiger partial charge in [-0.3, -0.25) is 4.79 Å². The summed E-state index contributed by atoms with van der Waals surface area (Å²) in [6.07, 6.45) is 0.615. The van der Waals surface area contributed by atoms with E-state index >= 15 is 0 Å². The first kappa shape index (κ1) is 14.4. The number of ether oxygens (including phenoxy) is 2. The van der Waals surface area contributed by atoms with Gasteiger partial charge in [0.15, 0.2) is 0 Å². The highest BCUT2D eigenvalue weighted by atomic mass is 19.3. The summed E-state index contributed by atoms with van der Waals surface area (Å²) in [5.41, 5.74) is 0.925. The van der Waals surface area contributed by atoms with E-state index in [1.165, 1.54) is 19.2 Å². The minimum Gasteiger partial charge on any atom is -0.435 e. The van der Waals surface area contributed by atoms with Crippen LogP contribution < -0.4 is 10.1 Å². The van der Waals surface area contributed by atoms with Gasteiger partial charge >= 0.3 is 6.61 Å². The highest BCUT2D eigenvalue weighted by Gasteiger charge is 2.04.